The molecule has 0 aliphatic heterocycles. The van der Waals surface area contributed by atoms with Crippen molar-refractivity contribution in [3.63, 3.8) is 0 Å². The Labute approximate surface area is 193 Å². The SMILES string of the molecule is C=CCn1c(SCC(=O)NNC(=O)c2ccccc2)nc2sc3c(c2c1=O)CCC(C)C3. The molecule has 9 heteroatoms. The highest BCUT2D eigenvalue weighted by Gasteiger charge is 2.24. The molecule has 2 amide bonds. The normalized spacial score (nSPS) is 15.2. The number of aromatic nitrogens is 2. The molecule has 32 heavy (non-hydrogen) atoms. The average Bonchev–Trinajstić information content (AvgIpc) is 3.16. The zero-order chi connectivity index (χ0) is 22.7. The number of thiophene rings is 1. The highest BCUT2D eigenvalue weighted by Crippen LogP contribution is 2.36. The third-order valence-corrected chi connectivity index (χ3v) is 7.50. The lowest BCUT2D eigenvalue weighted by Crippen LogP contribution is -2.42. The Morgan fingerprint density at radius 3 is 2.84 bits per heavy atom. The standard InChI is InChI=1S/C23H24N4O3S2/c1-3-11-27-22(30)19-16-10-9-14(2)12-17(16)32-21(19)24-23(27)31-13-18(28)25-26-20(29)15-7-5-4-6-8-15/h3-8,14H,1,9-13H2,2H3,(H,25,28)(H,26,29). The topological polar surface area (TPSA) is 93.1 Å². The van der Waals surface area contributed by atoms with Gasteiger partial charge >= 0.3 is 0 Å². The molecule has 1 aliphatic rings. The van der Waals surface area contributed by atoms with Gasteiger partial charge in [0, 0.05) is 17.0 Å². The van der Waals surface area contributed by atoms with Gasteiger partial charge in [-0.1, -0.05) is 43.0 Å². The van der Waals surface area contributed by atoms with Crippen LogP contribution in [0.25, 0.3) is 10.2 Å². The molecule has 1 unspecified atom stereocenters. The van der Waals surface area contributed by atoms with Crippen LogP contribution in [0.15, 0.2) is 52.9 Å². The van der Waals surface area contributed by atoms with Crippen molar-refractivity contribution in [3.8, 4) is 0 Å². The van der Waals surface area contributed by atoms with Crippen molar-refractivity contribution in [1.29, 1.82) is 0 Å². The molecule has 0 fully saturated rings. The van der Waals surface area contributed by atoms with Crippen molar-refractivity contribution in [1.82, 2.24) is 20.4 Å². The number of nitrogens with zero attached hydrogens (tertiary/aromatic N) is 2. The lowest BCUT2D eigenvalue weighted by atomic mass is 9.89. The fourth-order valence-electron chi connectivity index (χ4n) is 3.76. The molecule has 0 saturated carbocycles. The quantitative estimate of drug-likeness (QED) is 0.251. The minimum absolute atomic E-state index is 0.00623. The minimum atomic E-state index is -0.398. The first-order valence-electron chi connectivity index (χ1n) is 10.4. The summed E-state index contributed by atoms with van der Waals surface area (Å²) in [5.74, 6) is -0.176. The number of thioether (sulfide) groups is 1. The number of rotatable bonds is 6. The van der Waals surface area contributed by atoms with E-state index in [1.54, 1.807) is 46.2 Å². The van der Waals surface area contributed by atoms with Crippen LogP contribution in [0, 0.1) is 5.92 Å². The lowest BCUT2D eigenvalue weighted by molar-refractivity contribution is -0.119. The van der Waals surface area contributed by atoms with E-state index in [2.05, 4.69) is 24.4 Å². The van der Waals surface area contributed by atoms with Gasteiger partial charge in [-0.25, -0.2) is 4.98 Å². The van der Waals surface area contributed by atoms with E-state index in [4.69, 9.17) is 4.98 Å². The Morgan fingerprint density at radius 2 is 2.09 bits per heavy atom. The van der Waals surface area contributed by atoms with E-state index in [1.807, 2.05) is 6.07 Å². The van der Waals surface area contributed by atoms with Gasteiger partial charge in [0.05, 0.1) is 11.1 Å². The summed E-state index contributed by atoms with van der Waals surface area (Å²) in [6.45, 7) is 6.30. The van der Waals surface area contributed by atoms with Gasteiger partial charge in [0.25, 0.3) is 11.5 Å². The fourth-order valence-corrected chi connectivity index (χ4v) is 5.99. The van der Waals surface area contributed by atoms with Crippen LogP contribution in [0.3, 0.4) is 0 Å². The summed E-state index contributed by atoms with van der Waals surface area (Å²) < 4.78 is 1.57. The first-order chi connectivity index (χ1) is 15.5. The van der Waals surface area contributed by atoms with E-state index in [0.29, 0.717) is 28.6 Å². The van der Waals surface area contributed by atoms with Gasteiger partial charge in [0.15, 0.2) is 5.16 Å². The highest BCUT2D eigenvalue weighted by atomic mass is 32.2. The largest absolute Gasteiger partial charge is 0.283 e. The third kappa shape index (κ3) is 4.63. The number of hydrogen-bond donors (Lipinski definition) is 2. The fraction of sp³-hybridized carbons (Fsp3) is 0.304. The predicted octanol–water partition coefficient (Wildman–Crippen LogP) is 3.32. The van der Waals surface area contributed by atoms with Gasteiger partial charge in [-0.2, -0.15) is 0 Å². The number of fused-ring (bicyclic) bond motifs is 3. The van der Waals surface area contributed by atoms with Gasteiger partial charge in [0.1, 0.15) is 4.83 Å². The van der Waals surface area contributed by atoms with Crippen LogP contribution in [0.1, 0.15) is 34.1 Å². The first-order valence-corrected chi connectivity index (χ1v) is 12.2. The molecule has 1 aliphatic carbocycles. The van der Waals surface area contributed by atoms with Gasteiger partial charge in [0.2, 0.25) is 5.91 Å². The summed E-state index contributed by atoms with van der Waals surface area (Å²) >= 11 is 2.75. The van der Waals surface area contributed by atoms with E-state index >= 15 is 0 Å². The Morgan fingerprint density at radius 1 is 1.31 bits per heavy atom. The van der Waals surface area contributed by atoms with E-state index in [9.17, 15) is 14.4 Å². The molecular weight excluding hydrogens is 444 g/mol. The molecule has 0 spiro atoms. The summed E-state index contributed by atoms with van der Waals surface area (Å²) in [4.78, 5) is 44.3. The third-order valence-electron chi connectivity index (χ3n) is 5.38. The number of carbonyl (C=O) groups excluding carboxylic acids is 2. The summed E-state index contributed by atoms with van der Waals surface area (Å²) in [5.41, 5.74) is 6.31. The van der Waals surface area contributed by atoms with Crippen LogP contribution >= 0.6 is 23.1 Å². The molecule has 2 N–H and O–H groups in total. The number of aryl methyl sites for hydroxylation is 1. The number of amides is 2. The van der Waals surface area contributed by atoms with Crippen LogP contribution in [0.5, 0.6) is 0 Å². The average molecular weight is 469 g/mol. The van der Waals surface area contributed by atoms with E-state index in [0.717, 1.165) is 29.7 Å². The van der Waals surface area contributed by atoms with Crippen molar-refractivity contribution in [3.05, 3.63) is 69.3 Å². The molecule has 1 aromatic carbocycles. The number of hydrazine groups is 1. The number of allylic oxidation sites excluding steroid dienone is 1. The second-order valence-corrected chi connectivity index (χ2v) is 9.81. The zero-order valence-electron chi connectivity index (χ0n) is 17.7. The smallest absolute Gasteiger partial charge is 0.269 e. The Balaban J connectivity index is 1.50. The van der Waals surface area contributed by atoms with Crippen LogP contribution in [0.2, 0.25) is 0 Å². The first kappa shape index (κ1) is 22.3. The maximum absolute atomic E-state index is 13.3. The number of benzene rings is 1. The maximum atomic E-state index is 13.3. The molecule has 1 atom stereocenters. The van der Waals surface area contributed by atoms with Crippen LogP contribution in [0.4, 0.5) is 0 Å². The van der Waals surface area contributed by atoms with Crippen LogP contribution in [-0.4, -0.2) is 27.1 Å². The summed E-state index contributed by atoms with van der Waals surface area (Å²) in [6.07, 6.45) is 4.60. The van der Waals surface area contributed by atoms with Crippen LogP contribution < -0.4 is 16.4 Å². The molecule has 0 radical (unpaired) electrons. The van der Waals surface area contributed by atoms with Gasteiger partial charge in [-0.05, 0) is 42.9 Å². The minimum Gasteiger partial charge on any atom is -0.283 e. The van der Waals surface area contributed by atoms with E-state index < -0.39 is 11.8 Å². The van der Waals surface area contributed by atoms with Gasteiger partial charge in [-0.15, -0.1) is 17.9 Å². The molecular formula is C23H24N4O3S2. The van der Waals surface area contributed by atoms with Crippen molar-refractivity contribution in [2.24, 2.45) is 5.92 Å². The molecule has 2 heterocycles. The summed E-state index contributed by atoms with van der Waals surface area (Å²) in [7, 11) is 0. The second kappa shape index (κ2) is 9.70. The second-order valence-electron chi connectivity index (χ2n) is 7.79. The molecule has 2 aromatic heterocycles. The lowest BCUT2D eigenvalue weighted by Gasteiger charge is -2.17. The van der Waals surface area contributed by atoms with E-state index in [1.165, 1.54) is 16.6 Å². The van der Waals surface area contributed by atoms with Crippen molar-refractivity contribution >= 4 is 45.1 Å². The number of carbonyl (C=O) groups is 2. The van der Waals surface area contributed by atoms with Crippen molar-refractivity contribution < 1.29 is 9.59 Å². The molecule has 3 aromatic rings. The van der Waals surface area contributed by atoms with Crippen molar-refractivity contribution in [2.75, 3.05) is 5.75 Å². The zero-order valence-corrected chi connectivity index (χ0v) is 19.4. The molecule has 0 bridgehead atoms. The Hall–Kier alpha value is -2.91. The predicted molar refractivity (Wildman–Crippen MR) is 128 cm³/mol. The highest BCUT2D eigenvalue weighted by molar-refractivity contribution is 7.99. The van der Waals surface area contributed by atoms with Gasteiger partial charge < -0.3 is 0 Å². The Bertz CT molecular complexity index is 1230. The summed E-state index contributed by atoms with van der Waals surface area (Å²) in [6, 6.07) is 8.62. The Kier molecular flexibility index (Phi) is 6.76. The number of nitrogens with one attached hydrogen (secondary N) is 2. The monoisotopic (exact) mass is 468 g/mol. The van der Waals surface area contributed by atoms with E-state index in [-0.39, 0.29) is 11.3 Å². The maximum Gasteiger partial charge on any atom is 0.269 e. The summed E-state index contributed by atoms with van der Waals surface area (Å²) in [5, 5.41) is 1.18. The van der Waals surface area contributed by atoms with Crippen LogP contribution in [-0.2, 0) is 24.2 Å². The number of hydrogen-bond acceptors (Lipinski definition) is 6. The molecule has 166 valence electrons. The van der Waals surface area contributed by atoms with Crippen molar-refractivity contribution in [2.45, 2.75) is 37.9 Å². The molecule has 4 rings (SSSR count). The van der Waals surface area contributed by atoms with Gasteiger partial charge in [-0.3, -0.25) is 29.8 Å². The molecule has 0 saturated heterocycles. The molecule has 7 nitrogen and oxygen atoms in total.